The molecule has 2 heterocycles. The quantitative estimate of drug-likeness (QED) is 0.827. The van der Waals surface area contributed by atoms with Crippen LogP contribution in [0.4, 0.5) is 5.69 Å². The first-order valence-electron chi connectivity index (χ1n) is 10.4. The first-order valence-corrected chi connectivity index (χ1v) is 10.4. The lowest BCUT2D eigenvalue weighted by Crippen LogP contribution is -2.63. The van der Waals surface area contributed by atoms with E-state index >= 15 is 0 Å². The molecule has 1 saturated heterocycles. The highest BCUT2D eigenvalue weighted by atomic mass is 16.2. The highest BCUT2D eigenvalue weighted by molar-refractivity contribution is 6.11. The van der Waals surface area contributed by atoms with Crippen LogP contribution in [0.3, 0.4) is 0 Å². The SMILES string of the molecule is CC[C@H](NC(=O)CN1C(=O)c2ccccc2N2C(=O)CC[C@]12C)c1ccc(C)cc1. The fourth-order valence-corrected chi connectivity index (χ4v) is 4.54. The van der Waals surface area contributed by atoms with E-state index in [1.165, 1.54) is 0 Å². The van der Waals surface area contributed by atoms with Crippen molar-refractivity contribution in [3.8, 4) is 0 Å². The van der Waals surface area contributed by atoms with E-state index in [0.717, 1.165) is 17.5 Å². The third-order valence-electron chi connectivity index (χ3n) is 6.27. The average molecular weight is 405 g/mol. The summed E-state index contributed by atoms with van der Waals surface area (Å²) in [6.45, 7) is 5.83. The monoisotopic (exact) mass is 405 g/mol. The van der Waals surface area contributed by atoms with Gasteiger partial charge < -0.3 is 10.2 Å². The Balaban J connectivity index is 1.59. The molecule has 0 aromatic heterocycles. The van der Waals surface area contributed by atoms with Gasteiger partial charge in [-0.15, -0.1) is 0 Å². The molecule has 3 amide bonds. The molecule has 0 unspecified atom stereocenters. The van der Waals surface area contributed by atoms with Crippen LogP contribution in [0.15, 0.2) is 48.5 Å². The topological polar surface area (TPSA) is 69.7 Å². The minimum Gasteiger partial charge on any atom is -0.348 e. The fourth-order valence-electron chi connectivity index (χ4n) is 4.54. The number of carbonyl (C=O) groups is 3. The maximum Gasteiger partial charge on any atom is 0.258 e. The van der Waals surface area contributed by atoms with Crippen molar-refractivity contribution in [3.05, 3.63) is 65.2 Å². The van der Waals surface area contributed by atoms with Crippen molar-refractivity contribution in [1.82, 2.24) is 10.2 Å². The number of nitrogens with one attached hydrogen (secondary N) is 1. The minimum atomic E-state index is -0.828. The van der Waals surface area contributed by atoms with Crippen LogP contribution in [0.1, 0.15) is 60.6 Å². The predicted octanol–water partition coefficient (Wildman–Crippen LogP) is 3.56. The number of fused-ring (bicyclic) bond motifs is 3. The molecule has 1 N–H and O–H groups in total. The van der Waals surface area contributed by atoms with Gasteiger partial charge in [0, 0.05) is 6.42 Å². The molecule has 6 heteroatoms. The molecule has 2 aromatic rings. The summed E-state index contributed by atoms with van der Waals surface area (Å²) in [6, 6.07) is 15.1. The molecule has 2 aliphatic rings. The number of hydrogen-bond acceptors (Lipinski definition) is 3. The summed E-state index contributed by atoms with van der Waals surface area (Å²) in [4.78, 5) is 42.1. The fraction of sp³-hybridized carbons (Fsp3) is 0.375. The molecule has 0 saturated carbocycles. The molecule has 2 aromatic carbocycles. The van der Waals surface area contributed by atoms with Crippen molar-refractivity contribution in [2.24, 2.45) is 0 Å². The van der Waals surface area contributed by atoms with Crippen molar-refractivity contribution >= 4 is 23.4 Å². The standard InChI is InChI=1S/C24H27N3O3/c1-4-19(17-11-9-16(2)10-12-17)25-21(28)15-26-23(30)18-7-5-6-8-20(18)27-22(29)13-14-24(26,27)3/h5-12,19H,4,13-15H2,1-3H3,(H,25,28)/t19-,24+/m0/s1. The second kappa shape index (κ2) is 7.59. The number of nitrogens with zero attached hydrogens (tertiary/aromatic N) is 2. The van der Waals surface area contributed by atoms with E-state index in [0.29, 0.717) is 24.1 Å². The summed E-state index contributed by atoms with van der Waals surface area (Å²) in [5, 5.41) is 3.07. The van der Waals surface area contributed by atoms with Crippen molar-refractivity contribution in [2.75, 3.05) is 11.4 Å². The van der Waals surface area contributed by atoms with E-state index in [1.807, 2.05) is 51.1 Å². The Hall–Kier alpha value is -3.15. The zero-order chi connectivity index (χ0) is 21.5. The highest BCUT2D eigenvalue weighted by Gasteiger charge is 2.53. The number of hydrogen-bond donors (Lipinski definition) is 1. The molecule has 0 aliphatic carbocycles. The lowest BCUT2D eigenvalue weighted by molar-refractivity contribution is -0.124. The Morgan fingerprint density at radius 2 is 1.83 bits per heavy atom. The molecule has 1 fully saturated rings. The number of rotatable bonds is 5. The van der Waals surface area contributed by atoms with E-state index < -0.39 is 5.66 Å². The zero-order valence-corrected chi connectivity index (χ0v) is 17.6. The van der Waals surface area contributed by atoms with Gasteiger partial charge in [-0.05, 0) is 44.4 Å². The van der Waals surface area contributed by atoms with Crippen LogP contribution in [0.2, 0.25) is 0 Å². The minimum absolute atomic E-state index is 0.0195. The smallest absolute Gasteiger partial charge is 0.258 e. The summed E-state index contributed by atoms with van der Waals surface area (Å²) in [5.74, 6) is -0.456. The number of benzene rings is 2. The van der Waals surface area contributed by atoms with Gasteiger partial charge in [-0.3, -0.25) is 19.3 Å². The van der Waals surface area contributed by atoms with E-state index in [2.05, 4.69) is 5.32 Å². The van der Waals surface area contributed by atoms with Crippen molar-refractivity contribution < 1.29 is 14.4 Å². The molecule has 2 atom stereocenters. The van der Waals surface area contributed by atoms with Gasteiger partial charge in [-0.2, -0.15) is 0 Å². The van der Waals surface area contributed by atoms with E-state index in [4.69, 9.17) is 0 Å². The Labute approximate surface area is 176 Å². The second-order valence-corrected chi connectivity index (χ2v) is 8.29. The molecule has 2 aliphatic heterocycles. The Morgan fingerprint density at radius 3 is 2.53 bits per heavy atom. The van der Waals surface area contributed by atoms with Gasteiger partial charge in [0.15, 0.2) is 0 Å². The normalized spacial score (nSPS) is 21.3. The lowest BCUT2D eigenvalue weighted by Gasteiger charge is -2.48. The highest BCUT2D eigenvalue weighted by Crippen LogP contribution is 2.43. The van der Waals surface area contributed by atoms with Crippen LogP contribution in [0.5, 0.6) is 0 Å². The molecule has 6 nitrogen and oxygen atoms in total. The van der Waals surface area contributed by atoms with Crippen LogP contribution < -0.4 is 10.2 Å². The zero-order valence-electron chi connectivity index (χ0n) is 17.6. The number of carbonyl (C=O) groups excluding carboxylic acids is 3. The Bertz CT molecular complexity index is 1000. The Morgan fingerprint density at radius 1 is 1.13 bits per heavy atom. The van der Waals surface area contributed by atoms with Gasteiger partial charge in [0.1, 0.15) is 12.2 Å². The van der Waals surface area contributed by atoms with Gasteiger partial charge in [0.25, 0.3) is 5.91 Å². The van der Waals surface area contributed by atoms with Crippen LogP contribution >= 0.6 is 0 Å². The molecule has 0 radical (unpaired) electrons. The molecular weight excluding hydrogens is 378 g/mol. The molecule has 4 rings (SSSR count). The lowest BCUT2D eigenvalue weighted by atomic mass is 9.98. The predicted molar refractivity (Wildman–Crippen MR) is 115 cm³/mol. The third-order valence-corrected chi connectivity index (χ3v) is 6.27. The largest absolute Gasteiger partial charge is 0.348 e. The van der Waals surface area contributed by atoms with Crippen LogP contribution in [0.25, 0.3) is 0 Å². The van der Waals surface area contributed by atoms with E-state index in [9.17, 15) is 14.4 Å². The molecule has 30 heavy (non-hydrogen) atoms. The Kier molecular flexibility index (Phi) is 5.10. The van der Waals surface area contributed by atoms with Crippen molar-refractivity contribution in [3.63, 3.8) is 0 Å². The van der Waals surface area contributed by atoms with Crippen molar-refractivity contribution in [1.29, 1.82) is 0 Å². The third kappa shape index (κ3) is 3.26. The number of anilines is 1. The van der Waals surface area contributed by atoms with Gasteiger partial charge in [0.2, 0.25) is 11.8 Å². The average Bonchev–Trinajstić information content (AvgIpc) is 3.05. The number of aryl methyl sites for hydroxylation is 1. The van der Waals surface area contributed by atoms with Gasteiger partial charge >= 0.3 is 0 Å². The van der Waals surface area contributed by atoms with Gasteiger partial charge in [0.05, 0.1) is 17.3 Å². The maximum atomic E-state index is 13.3. The number of para-hydroxylation sites is 1. The number of amides is 3. The summed E-state index contributed by atoms with van der Waals surface area (Å²) >= 11 is 0. The first kappa shape index (κ1) is 20.1. The molecular formula is C24H27N3O3. The summed E-state index contributed by atoms with van der Waals surface area (Å²) in [5.41, 5.74) is 2.47. The summed E-state index contributed by atoms with van der Waals surface area (Å²) in [7, 11) is 0. The van der Waals surface area contributed by atoms with Crippen molar-refractivity contribution in [2.45, 2.75) is 51.7 Å². The maximum absolute atomic E-state index is 13.3. The van der Waals surface area contributed by atoms with Crippen LogP contribution in [-0.4, -0.2) is 34.8 Å². The summed E-state index contributed by atoms with van der Waals surface area (Å²) in [6.07, 6.45) is 1.61. The van der Waals surface area contributed by atoms with Crippen LogP contribution in [0, 0.1) is 6.92 Å². The second-order valence-electron chi connectivity index (χ2n) is 8.29. The van der Waals surface area contributed by atoms with Crippen LogP contribution in [-0.2, 0) is 9.59 Å². The molecule has 0 spiro atoms. The first-order chi connectivity index (χ1) is 14.3. The van der Waals surface area contributed by atoms with E-state index in [1.54, 1.807) is 28.0 Å². The van der Waals surface area contributed by atoms with Gasteiger partial charge in [-0.25, -0.2) is 0 Å². The van der Waals surface area contributed by atoms with Gasteiger partial charge in [-0.1, -0.05) is 48.9 Å². The molecule has 0 bridgehead atoms. The molecule has 156 valence electrons. The summed E-state index contributed by atoms with van der Waals surface area (Å²) < 4.78 is 0. The van der Waals surface area contributed by atoms with E-state index in [-0.39, 0.29) is 30.3 Å².